The number of hydrogen-bond acceptors (Lipinski definition) is 10. The van der Waals surface area contributed by atoms with Crippen molar-refractivity contribution in [3.8, 4) is 10.6 Å². The van der Waals surface area contributed by atoms with Crippen LogP contribution in [0.3, 0.4) is 0 Å². The van der Waals surface area contributed by atoms with Crippen LogP contribution < -0.4 is 10.2 Å². The first kappa shape index (κ1) is 36.7. The molecule has 0 spiro atoms. The molecule has 0 aliphatic carbocycles. The van der Waals surface area contributed by atoms with Crippen LogP contribution in [0.1, 0.15) is 58.2 Å². The number of rotatable bonds is 10. The second-order valence-electron chi connectivity index (χ2n) is 12.4. The fourth-order valence-corrected chi connectivity index (χ4v) is 5.00. The van der Waals surface area contributed by atoms with E-state index in [0.717, 1.165) is 34.4 Å². The Morgan fingerprint density at radius 3 is 2.15 bits per heavy atom. The van der Waals surface area contributed by atoms with E-state index in [9.17, 15) is 42.8 Å². The average molecular weight is 682 g/mol. The lowest BCUT2D eigenvalue weighted by Gasteiger charge is -2.29. The van der Waals surface area contributed by atoms with E-state index in [1.165, 1.54) is 24.3 Å². The molecule has 254 valence electrons. The summed E-state index contributed by atoms with van der Waals surface area (Å²) in [6.07, 6.45) is -6.91. The highest BCUT2D eigenvalue weighted by atomic mass is 32.1. The van der Waals surface area contributed by atoms with Crippen LogP contribution in [0.5, 0.6) is 0 Å². The van der Waals surface area contributed by atoms with Gasteiger partial charge in [0, 0.05) is 17.2 Å². The number of alkyl carbamates (subject to hydrolysis) is 1. The molecule has 0 saturated heterocycles. The Morgan fingerprint density at radius 1 is 1.00 bits per heavy atom. The maximum absolute atomic E-state index is 13.5. The number of hydrogen-bond donors (Lipinski definition) is 2. The monoisotopic (exact) mass is 681 g/mol. The van der Waals surface area contributed by atoms with Gasteiger partial charge in [-0.1, -0.05) is 23.5 Å². The van der Waals surface area contributed by atoms with Crippen LogP contribution in [-0.2, 0) is 33.3 Å². The summed E-state index contributed by atoms with van der Waals surface area (Å²) >= 11 is 0.889. The van der Waals surface area contributed by atoms with E-state index in [1.54, 1.807) is 41.5 Å². The predicted octanol–water partition coefficient (Wildman–Crippen LogP) is 6.64. The molecule has 0 saturated carbocycles. The number of carbonyl (C=O) groups excluding carboxylic acids is 2. The van der Waals surface area contributed by atoms with Gasteiger partial charge in [-0.3, -0.25) is 14.9 Å². The summed E-state index contributed by atoms with van der Waals surface area (Å²) in [5.41, 5.74) is -2.45. The van der Waals surface area contributed by atoms with Gasteiger partial charge >= 0.3 is 24.3 Å². The van der Waals surface area contributed by atoms with Crippen LogP contribution in [0.2, 0.25) is 0 Å². The van der Waals surface area contributed by atoms with Gasteiger partial charge in [-0.2, -0.15) is 13.2 Å². The molecule has 0 aliphatic rings. The first-order valence-electron chi connectivity index (χ1n) is 14.1. The van der Waals surface area contributed by atoms with Gasteiger partial charge in [-0.25, -0.2) is 14.5 Å². The van der Waals surface area contributed by atoms with Crippen LogP contribution in [-0.4, -0.2) is 62.2 Å². The van der Waals surface area contributed by atoms with E-state index >= 15 is 0 Å². The van der Waals surface area contributed by atoms with Gasteiger partial charge < -0.3 is 19.9 Å². The number of aromatic nitrogens is 2. The molecule has 0 aliphatic heterocycles. The maximum Gasteiger partial charge on any atom is 0.416 e. The molecule has 0 bridgehead atoms. The third-order valence-corrected chi connectivity index (χ3v) is 7.01. The normalized spacial score (nSPS) is 12.6. The Labute approximate surface area is 271 Å². The Hall–Kier alpha value is -4.80. The molecule has 17 heteroatoms. The summed E-state index contributed by atoms with van der Waals surface area (Å²) in [6.45, 7) is 9.55. The van der Waals surface area contributed by atoms with Gasteiger partial charge in [0.1, 0.15) is 16.2 Å². The number of nitrogens with one attached hydrogen (secondary N) is 1. The number of benzene rings is 2. The number of nitro groups is 1. The fraction of sp³-hybridized carbons (Fsp3) is 0.433. The second kappa shape index (κ2) is 14.3. The largest absolute Gasteiger partial charge is 0.481 e. The third-order valence-electron chi connectivity index (χ3n) is 6.01. The van der Waals surface area contributed by atoms with Crippen LogP contribution >= 0.6 is 11.3 Å². The lowest BCUT2D eigenvalue weighted by molar-refractivity contribution is -0.385. The summed E-state index contributed by atoms with van der Waals surface area (Å²) in [6, 6.07) is 7.22. The minimum Gasteiger partial charge on any atom is -0.481 e. The van der Waals surface area contributed by atoms with E-state index in [1.807, 2.05) is 0 Å². The van der Waals surface area contributed by atoms with E-state index < -0.39 is 64.2 Å². The van der Waals surface area contributed by atoms with Crippen LogP contribution in [0, 0.1) is 10.1 Å². The molecule has 3 aromatic rings. The molecule has 47 heavy (non-hydrogen) atoms. The van der Waals surface area contributed by atoms with Crippen LogP contribution in [0.15, 0.2) is 42.5 Å². The quantitative estimate of drug-likeness (QED) is 0.174. The molecule has 1 heterocycles. The summed E-state index contributed by atoms with van der Waals surface area (Å²) in [7, 11) is 0. The number of carboxylic acid groups (broad SMARTS) is 1. The number of amides is 2. The molecule has 0 unspecified atom stereocenters. The Balaban J connectivity index is 2.02. The number of alkyl halides is 3. The van der Waals surface area contributed by atoms with Gasteiger partial charge in [0.05, 0.1) is 29.5 Å². The number of ether oxygens (including phenoxy) is 2. The highest BCUT2D eigenvalue weighted by Gasteiger charge is 2.32. The number of nitro benzene ring substituents is 1. The van der Waals surface area contributed by atoms with Crippen molar-refractivity contribution in [2.75, 3.05) is 11.4 Å². The molecule has 0 fully saturated rings. The van der Waals surface area contributed by atoms with Crippen LogP contribution in [0.25, 0.3) is 10.6 Å². The number of carboxylic acids is 1. The van der Waals surface area contributed by atoms with E-state index in [-0.39, 0.29) is 28.7 Å². The van der Waals surface area contributed by atoms with E-state index in [4.69, 9.17) is 9.47 Å². The van der Waals surface area contributed by atoms with Gasteiger partial charge in [0.25, 0.3) is 5.69 Å². The van der Waals surface area contributed by atoms with Crippen molar-refractivity contribution < 1.29 is 47.1 Å². The Kier molecular flexibility index (Phi) is 11.2. The fourth-order valence-electron chi connectivity index (χ4n) is 4.16. The smallest absolute Gasteiger partial charge is 0.416 e. The summed E-state index contributed by atoms with van der Waals surface area (Å²) in [4.78, 5) is 49.4. The highest BCUT2D eigenvalue weighted by Crippen LogP contribution is 2.33. The second-order valence-corrected chi connectivity index (χ2v) is 13.3. The van der Waals surface area contributed by atoms with Crippen molar-refractivity contribution in [2.24, 2.45) is 0 Å². The Morgan fingerprint density at radius 2 is 1.62 bits per heavy atom. The maximum atomic E-state index is 13.5. The van der Waals surface area contributed by atoms with Crippen molar-refractivity contribution in [1.29, 1.82) is 0 Å². The zero-order valence-electron chi connectivity index (χ0n) is 26.4. The topological polar surface area (TPSA) is 174 Å². The number of nitrogens with zero attached hydrogens (tertiary/aromatic N) is 4. The average Bonchev–Trinajstić information content (AvgIpc) is 3.38. The minimum atomic E-state index is -4.55. The molecule has 1 aromatic heterocycles. The standard InChI is InChI=1S/C30H34F3N5O8S/c1-28(2,3)45-26(41)34-21(13-17-7-10-20(11-8-17)30(31,32)33)16-37(27(42)46-29(4,5)6)25-36-35-24(47-25)18-9-12-22(38(43)44)19(14-18)15-23(39)40/h7-12,14,21H,13,15-16H2,1-6H3,(H,34,41)(H,39,40)/t21-/m0/s1. The van der Waals surface area contributed by atoms with Crippen molar-refractivity contribution >= 4 is 40.3 Å². The van der Waals surface area contributed by atoms with Gasteiger partial charge in [-0.05, 0) is 77.8 Å². The lowest BCUT2D eigenvalue weighted by atomic mass is 10.0. The van der Waals surface area contributed by atoms with Gasteiger partial charge in [-0.15, -0.1) is 10.2 Å². The van der Waals surface area contributed by atoms with Crippen LogP contribution in [0.4, 0.5) is 33.6 Å². The third kappa shape index (κ3) is 11.2. The number of aliphatic carboxylic acids is 1. The number of carbonyl (C=O) groups is 3. The molecule has 3 rings (SSSR count). The lowest BCUT2D eigenvalue weighted by Crippen LogP contribution is -2.49. The summed E-state index contributed by atoms with van der Waals surface area (Å²) in [5, 5.41) is 31.7. The molecular weight excluding hydrogens is 647 g/mol. The SMILES string of the molecule is CC(C)(C)OC(=O)N[C@@H](Cc1ccc(C(F)(F)F)cc1)CN(C(=O)OC(C)(C)C)c1nnc(-c2ccc([N+](=O)[O-])c(CC(=O)O)c2)s1. The zero-order valence-corrected chi connectivity index (χ0v) is 27.2. The highest BCUT2D eigenvalue weighted by molar-refractivity contribution is 7.18. The first-order chi connectivity index (χ1) is 21.6. The number of anilines is 1. The molecule has 2 amide bonds. The predicted molar refractivity (Wildman–Crippen MR) is 165 cm³/mol. The van der Waals surface area contributed by atoms with Gasteiger partial charge in [0.15, 0.2) is 0 Å². The zero-order chi connectivity index (χ0) is 35.3. The van der Waals surface area contributed by atoms with Crippen molar-refractivity contribution in [2.45, 2.75) is 77.8 Å². The Bertz CT molecular complexity index is 1620. The van der Waals surface area contributed by atoms with Crippen molar-refractivity contribution in [3.05, 3.63) is 69.3 Å². The van der Waals surface area contributed by atoms with Crippen molar-refractivity contribution in [1.82, 2.24) is 15.5 Å². The molecule has 2 aromatic carbocycles. The van der Waals surface area contributed by atoms with Crippen molar-refractivity contribution in [3.63, 3.8) is 0 Å². The molecule has 1 atom stereocenters. The molecule has 13 nitrogen and oxygen atoms in total. The molecule has 0 radical (unpaired) electrons. The van der Waals surface area contributed by atoms with E-state index in [2.05, 4.69) is 15.5 Å². The molecule has 2 N–H and O–H groups in total. The first-order valence-corrected chi connectivity index (χ1v) is 14.9. The van der Waals surface area contributed by atoms with E-state index in [0.29, 0.717) is 11.1 Å². The number of halogens is 3. The molecular formula is C30H34F3N5O8S. The van der Waals surface area contributed by atoms with Gasteiger partial charge in [0.2, 0.25) is 5.13 Å². The summed E-state index contributed by atoms with van der Waals surface area (Å²) in [5.74, 6) is -1.28. The summed E-state index contributed by atoms with van der Waals surface area (Å²) < 4.78 is 50.4. The minimum absolute atomic E-state index is 0.00389.